The molecule has 3 aliphatic rings. The zero-order valence-electron chi connectivity index (χ0n) is 19.5. The minimum Gasteiger partial charge on any atom is -0.351 e. The molecule has 1 saturated carbocycles. The fourth-order valence-corrected chi connectivity index (χ4v) is 5.43. The van der Waals surface area contributed by atoms with Crippen LogP contribution in [0.5, 0.6) is 0 Å². The molecular formula is C22H32F3N7O3. The Morgan fingerprint density at radius 2 is 1.94 bits per heavy atom. The van der Waals surface area contributed by atoms with Crippen LogP contribution in [0.15, 0.2) is 0 Å². The Balaban J connectivity index is 1.48. The van der Waals surface area contributed by atoms with Crippen molar-refractivity contribution in [1.82, 2.24) is 25.4 Å². The molecule has 2 saturated heterocycles. The quantitative estimate of drug-likeness (QED) is 0.255. The molecule has 35 heavy (non-hydrogen) atoms. The first-order valence-corrected chi connectivity index (χ1v) is 12.2. The Bertz CT molecular complexity index is 903. The number of hydrogen-bond donors (Lipinski definition) is 3. The second kappa shape index (κ2) is 11.4. The van der Waals surface area contributed by atoms with E-state index in [1.165, 1.54) is 0 Å². The van der Waals surface area contributed by atoms with E-state index in [1.54, 1.807) is 4.90 Å². The summed E-state index contributed by atoms with van der Waals surface area (Å²) in [5.74, 6) is -3.63. The number of hydrogen-bond acceptors (Lipinski definition) is 8. The lowest BCUT2D eigenvalue weighted by Gasteiger charge is -2.38. The molecule has 1 aliphatic carbocycles. The van der Waals surface area contributed by atoms with Crippen LogP contribution in [0.2, 0.25) is 0 Å². The molecule has 2 aliphatic heterocycles. The van der Waals surface area contributed by atoms with Gasteiger partial charge in [0.2, 0.25) is 18.1 Å². The van der Waals surface area contributed by atoms with Crippen LogP contribution < -0.4 is 15.8 Å². The summed E-state index contributed by atoms with van der Waals surface area (Å²) in [5.41, 5.74) is 4.68. The van der Waals surface area contributed by atoms with Gasteiger partial charge in [-0.05, 0) is 31.7 Å². The molecule has 1 aromatic heterocycles. The largest absolute Gasteiger partial charge is 0.351 e. The summed E-state index contributed by atoms with van der Waals surface area (Å²) >= 11 is 0. The van der Waals surface area contributed by atoms with E-state index in [2.05, 4.69) is 25.7 Å². The van der Waals surface area contributed by atoms with Gasteiger partial charge in [0, 0.05) is 25.7 Å². The molecule has 2 amide bonds. The number of hydrazine groups is 1. The lowest BCUT2D eigenvalue weighted by molar-refractivity contribution is -0.154. The normalized spacial score (nSPS) is 21.7. The predicted octanol–water partition coefficient (Wildman–Crippen LogP) is 2.32. The fourth-order valence-electron chi connectivity index (χ4n) is 5.43. The molecule has 13 heteroatoms. The van der Waals surface area contributed by atoms with Gasteiger partial charge in [0.15, 0.2) is 17.5 Å². The average Bonchev–Trinajstić information content (AvgIpc) is 3.54. The number of fused-ring (bicyclic) bond motifs is 1. The van der Waals surface area contributed by atoms with Crippen molar-refractivity contribution >= 4 is 24.0 Å². The predicted molar refractivity (Wildman–Crippen MR) is 120 cm³/mol. The van der Waals surface area contributed by atoms with Crippen LogP contribution in [0.1, 0.15) is 57.2 Å². The van der Waals surface area contributed by atoms with Gasteiger partial charge in [-0.1, -0.05) is 25.7 Å². The van der Waals surface area contributed by atoms with Gasteiger partial charge in [0.25, 0.3) is 6.43 Å². The lowest BCUT2D eigenvalue weighted by Crippen LogP contribution is -2.50. The first kappa shape index (κ1) is 25.4. The van der Waals surface area contributed by atoms with Crippen LogP contribution in [0.25, 0.3) is 0 Å². The number of halogens is 3. The van der Waals surface area contributed by atoms with Gasteiger partial charge in [-0.15, -0.1) is 0 Å². The molecule has 0 aromatic carbocycles. The van der Waals surface area contributed by atoms with Gasteiger partial charge in [-0.25, -0.2) is 23.8 Å². The Morgan fingerprint density at radius 1 is 1.17 bits per heavy atom. The standard InChI is InChI=1S/C22H32F3N7O3/c23-17-19(28-29-22(34)15(11-32(35)13-33)10-14-4-1-2-5-14)26-20(18(24)25)27-21(17)31-9-8-30-7-3-6-16(30)12-31/h13-16,18,35H,1-12H2,(H,29,34)(H,26,27,28)/t15?,16-/m0/s1. The van der Waals surface area contributed by atoms with Crippen molar-refractivity contribution in [2.45, 2.75) is 57.4 Å². The smallest absolute Gasteiger partial charge is 0.297 e. The van der Waals surface area contributed by atoms with Gasteiger partial charge in [0.1, 0.15) is 0 Å². The van der Waals surface area contributed by atoms with Gasteiger partial charge in [-0.2, -0.15) is 4.39 Å². The van der Waals surface area contributed by atoms with Gasteiger partial charge in [0.05, 0.1) is 12.5 Å². The van der Waals surface area contributed by atoms with E-state index in [0.29, 0.717) is 31.1 Å². The zero-order chi connectivity index (χ0) is 24.9. The van der Waals surface area contributed by atoms with Gasteiger partial charge < -0.3 is 4.90 Å². The number of nitrogens with zero attached hydrogens (tertiary/aromatic N) is 5. The van der Waals surface area contributed by atoms with Gasteiger partial charge >= 0.3 is 0 Å². The van der Waals surface area contributed by atoms with E-state index in [-0.39, 0.29) is 30.7 Å². The molecular weight excluding hydrogens is 467 g/mol. The average molecular weight is 500 g/mol. The zero-order valence-corrected chi connectivity index (χ0v) is 19.5. The molecule has 0 radical (unpaired) electrons. The van der Waals surface area contributed by atoms with Gasteiger partial charge in [-0.3, -0.25) is 30.5 Å². The topological polar surface area (TPSA) is 114 Å². The van der Waals surface area contributed by atoms with Crippen molar-refractivity contribution in [3.05, 3.63) is 11.6 Å². The molecule has 2 atom stereocenters. The van der Waals surface area contributed by atoms with Crippen LogP contribution in [0, 0.1) is 17.7 Å². The number of nitrogens with one attached hydrogen (secondary N) is 2. The number of alkyl halides is 2. The molecule has 0 spiro atoms. The van der Waals surface area contributed by atoms with Crippen molar-refractivity contribution in [1.29, 1.82) is 0 Å². The molecule has 3 N–H and O–H groups in total. The number of anilines is 2. The summed E-state index contributed by atoms with van der Waals surface area (Å²) < 4.78 is 42.4. The minimum absolute atomic E-state index is 0.206. The van der Waals surface area contributed by atoms with E-state index in [9.17, 15) is 23.6 Å². The number of rotatable bonds is 10. The van der Waals surface area contributed by atoms with E-state index in [0.717, 1.165) is 45.1 Å². The Morgan fingerprint density at radius 3 is 2.66 bits per heavy atom. The van der Waals surface area contributed by atoms with E-state index in [4.69, 9.17) is 0 Å². The van der Waals surface area contributed by atoms with Crippen molar-refractivity contribution in [2.75, 3.05) is 43.0 Å². The lowest BCUT2D eigenvalue weighted by atomic mass is 9.92. The summed E-state index contributed by atoms with van der Waals surface area (Å²) in [6, 6.07) is 0.222. The Hall–Kier alpha value is -2.67. The van der Waals surface area contributed by atoms with Crippen molar-refractivity contribution in [3.8, 4) is 0 Å². The van der Waals surface area contributed by atoms with Crippen LogP contribution in [-0.2, 0) is 9.59 Å². The maximum Gasteiger partial charge on any atom is 0.297 e. The number of amides is 2. The van der Waals surface area contributed by atoms with Crippen molar-refractivity contribution in [2.24, 2.45) is 11.8 Å². The van der Waals surface area contributed by atoms with E-state index >= 15 is 4.39 Å². The number of hydroxylamine groups is 2. The molecule has 1 aromatic rings. The highest BCUT2D eigenvalue weighted by Gasteiger charge is 2.34. The minimum atomic E-state index is -3.02. The number of aromatic nitrogens is 2. The number of piperazine rings is 1. The second-order valence-corrected chi connectivity index (χ2v) is 9.57. The number of carbonyl (C=O) groups excluding carboxylic acids is 2. The molecule has 10 nitrogen and oxygen atoms in total. The molecule has 4 rings (SSSR count). The summed E-state index contributed by atoms with van der Waals surface area (Å²) in [7, 11) is 0. The summed E-state index contributed by atoms with van der Waals surface area (Å²) in [4.78, 5) is 35.0. The summed E-state index contributed by atoms with van der Waals surface area (Å²) in [6.07, 6.45) is 3.60. The summed E-state index contributed by atoms with van der Waals surface area (Å²) in [6.45, 7) is 2.35. The molecule has 3 heterocycles. The first-order chi connectivity index (χ1) is 16.9. The molecule has 1 unspecified atom stereocenters. The van der Waals surface area contributed by atoms with Crippen LogP contribution in [-0.4, -0.2) is 76.2 Å². The van der Waals surface area contributed by atoms with Crippen LogP contribution in [0.3, 0.4) is 0 Å². The monoisotopic (exact) mass is 499 g/mol. The SMILES string of the molecule is O=CN(O)CC(CC1CCCC1)C(=O)NNc1nc(C(F)F)nc(N2CCN3CCC[C@H]3C2)c1F. The van der Waals surface area contributed by atoms with E-state index in [1.807, 2.05) is 0 Å². The molecule has 3 fully saturated rings. The third-order valence-corrected chi connectivity index (χ3v) is 7.23. The first-order valence-electron chi connectivity index (χ1n) is 12.2. The number of carbonyl (C=O) groups is 2. The highest BCUT2D eigenvalue weighted by Crippen LogP contribution is 2.32. The Labute approximate surface area is 201 Å². The summed E-state index contributed by atoms with van der Waals surface area (Å²) in [5, 5.41) is 10.0. The van der Waals surface area contributed by atoms with Crippen LogP contribution >= 0.6 is 0 Å². The highest BCUT2D eigenvalue weighted by molar-refractivity contribution is 5.80. The maximum absolute atomic E-state index is 15.4. The van der Waals surface area contributed by atoms with Crippen molar-refractivity contribution in [3.63, 3.8) is 0 Å². The maximum atomic E-state index is 15.4. The van der Waals surface area contributed by atoms with Crippen LogP contribution in [0.4, 0.5) is 24.8 Å². The van der Waals surface area contributed by atoms with E-state index < -0.39 is 35.7 Å². The third-order valence-electron chi connectivity index (χ3n) is 7.23. The van der Waals surface area contributed by atoms with Crippen molar-refractivity contribution < 1.29 is 28.0 Å². The second-order valence-electron chi connectivity index (χ2n) is 9.57. The third kappa shape index (κ3) is 6.13. The highest BCUT2D eigenvalue weighted by atomic mass is 19.3. The fraction of sp³-hybridized carbons (Fsp3) is 0.727. The molecule has 0 bridgehead atoms. The Kier molecular flexibility index (Phi) is 8.26. The molecule has 194 valence electrons.